The van der Waals surface area contributed by atoms with E-state index in [4.69, 9.17) is 0 Å². The minimum atomic E-state index is -0.375. The van der Waals surface area contributed by atoms with Crippen LogP contribution in [0.5, 0.6) is 0 Å². The van der Waals surface area contributed by atoms with Crippen LogP contribution < -0.4 is 0 Å². The number of fused-ring (bicyclic) bond motifs is 1. The van der Waals surface area contributed by atoms with E-state index in [1.165, 1.54) is 6.20 Å². The molecule has 1 aliphatic carbocycles. The molecule has 1 N–H and O–H groups in total. The molecule has 0 spiro atoms. The van der Waals surface area contributed by atoms with E-state index in [-0.39, 0.29) is 11.7 Å². The molecular formula is C24H29FN6O. The third kappa shape index (κ3) is 4.23. The van der Waals surface area contributed by atoms with Gasteiger partial charge in [-0.15, -0.1) is 0 Å². The van der Waals surface area contributed by atoms with E-state index < -0.39 is 0 Å². The molecule has 1 saturated carbocycles. The van der Waals surface area contributed by atoms with Crippen molar-refractivity contribution in [1.82, 2.24) is 30.0 Å². The number of likely N-dealkylation sites (tertiary alicyclic amines) is 1. The minimum Gasteiger partial charge on any atom is -0.340 e. The van der Waals surface area contributed by atoms with Gasteiger partial charge in [0.1, 0.15) is 5.69 Å². The fraction of sp³-hybridized carbons (Fsp3) is 0.542. The lowest BCUT2D eigenvalue weighted by Crippen LogP contribution is -2.35. The zero-order valence-electron chi connectivity index (χ0n) is 18.4. The van der Waals surface area contributed by atoms with Crippen molar-refractivity contribution in [1.29, 1.82) is 0 Å². The quantitative estimate of drug-likeness (QED) is 0.644. The van der Waals surface area contributed by atoms with Crippen LogP contribution in [-0.4, -0.2) is 48.5 Å². The van der Waals surface area contributed by atoms with E-state index >= 15 is 0 Å². The Morgan fingerprint density at radius 3 is 2.94 bits per heavy atom. The molecule has 0 aromatic carbocycles. The van der Waals surface area contributed by atoms with Gasteiger partial charge in [-0.1, -0.05) is 12.8 Å². The summed E-state index contributed by atoms with van der Waals surface area (Å²) in [4.78, 5) is 27.8. The van der Waals surface area contributed by atoms with E-state index in [1.54, 1.807) is 6.20 Å². The van der Waals surface area contributed by atoms with Crippen LogP contribution in [0.15, 0.2) is 24.5 Å². The summed E-state index contributed by atoms with van der Waals surface area (Å²) in [6, 6.07) is 4.10. The number of aromatic amines is 1. The zero-order chi connectivity index (χ0) is 22.1. The molecule has 0 radical (unpaired) electrons. The second kappa shape index (κ2) is 8.92. The lowest BCUT2D eigenvalue weighted by atomic mass is 9.77. The molecule has 2 fully saturated rings. The Hall–Kier alpha value is -2.90. The van der Waals surface area contributed by atoms with Crippen LogP contribution in [0.3, 0.4) is 0 Å². The largest absolute Gasteiger partial charge is 0.340 e. The highest BCUT2D eigenvalue weighted by molar-refractivity contribution is 5.88. The summed E-state index contributed by atoms with van der Waals surface area (Å²) >= 11 is 0. The van der Waals surface area contributed by atoms with Crippen molar-refractivity contribution in [3.8, 4) is 11.5 Å². The first kappa shape index (κ1) is 21.0. The molecular weight excluding hydrogens is 407 g/mol. The van der Waals surface area contributed by atoms with Crippen LogP contribution in [0, 0.1) is 17.7 Å². The van der Waals surface area contributed by atoms with Gasteiger partial charge in [-0.2, -0.15) is 5.10 Å². The van der Waals surface area contributed by atoms with Gasteiger partial charge in [0.25, 0.3) is 0 Å². The lowest BCUT2D eigenvalue weighted by molar-refractivity contribution is -0.133. The number of rotatable bonds is 5. The lowest BCUT2D eigenvalue weighted by Gasteiger charge is -2.31. The van der Waals surface area contributed by atoms with Crippen molar-refractivity contribution in [2.24, 2.45) is 11.8 Å². The molecule has 0 bridgehead atoms. The summed E-state index contributed by atoms with van der Waals surface area (Å²) < 4.78 is 14.6. The van der Waals surface area contributed by atoms with Gasteiger partial charge >= 0.3 is 0 Å². The summed E-state index contributed by atoms with van der Waals surface area (Å²) in [5, 5.41) is 7.95. The number of aromatic nitrogens is 5. The van der Waals surface area contributed by atoms with Gasteiger partial charge in [0.2, 0.25) is 5.91 Å². The summed E-state index contributed by atoms with van der Waals surface area (Å²) in [6.45, 7) is 3.03. The van der Waals surface area contributed by atoms with E-state index in [0.29, 0.717) is 53.6 Å². The number of halogens is 1. The first-order valence-electron chi connectivity index (χ1n) is 11.7. The SMILES string of the molecule is C[C@H]1CCCN1C(=O)C[C@@H]1CCCC(Cc2nc(-c3[nH]nc4ncccc34)ncc2F)C1. The molecule has 4 heterocycles. The highest BCUT2D eigenvalue weighted by Crippen LogP contribution is 2.34. The smallest absolute Gasteiger partial charge is 0.223 e. The Bertz CT molecular complexity index is 1110. The zero-order valence-corrected chi connectivity index (χ0v) is 18.4. The third-order valence-corrected chi connectivity index (χ3v) is 7.08. The van der Waals surface area contributed by atoms with Crippen LogP contribution in [-0.2, 0) is 11.2 Å². The maximum Gasteiger partial charge on any atom is 0.223 e. The number of nitrogens with one attached hydrogen (secondary N) is 1. The van der Waals surface area contributed by atoms with Crippen molar-refractivity contribution < 1.29 is 9.18 Å². The predicted octanol–water partition coefficient (Wildman–Crippen LogP) is 4.30. The first-order chi connectivity index (χ1) is 15.6. The first-order valence-corrected chi connectivity index (χ1v) is 11.7. The van der Waals surface area contributed by atoms with Gasteiger partial charge in [-0.25, -0.2) is 19.3 Å². The number of amides is 1. The van der Waals surface area contributed by atoms with Gasteiger partial charge in [0.15, 0.2) is 17.3 Å². The molecule has 32 heavy (non-hydrogen) atoms. The number of nitrogens with zero attached hydrogens (tertiary/aromatic N) is 5. The number of carbonyl (C=O) groups excluding carboxylic acids is 1. The van der Waals surface area contributed by atoms with Gasteiger partial charge < -0.3 is 4.90 Å². The Morgan fingerprint density at radius 2 is 2.09 bits per heavy atom. The maximum absolute atomic E-state index is 14.6. The van der Waals surface area contributed by atoms with Crippen LogP contribution >= 0.6 is 0 Å². The molecule has 1 saturated heterocycles. The van der Waals surface area contributed by atoms with Gasteiger partial charge in [-0.05, 0) is 63.0 Å². The molecule has 3 aromatic heterocycles. The molecule has 1 amide bonds. The van der Waals surface area contributed by atoms with E-state index in [9.17, 15) is 9.18 Å². The Labute approximate surface area is 186 Å². The summed E-state index contributed by atoms with van der Waals surface area (Å²) in [6.07, 6.45) is 10.5. The monoisotopic (exact) mass is 436 g/mol. The number of carbonyl (C=O) groups is 1. The number of hydrogen-bond donors (Lipinski definition) is 1. The normalized spacial score (nSPS) is 23.7. The Balaban J connectivity index is 1.28. The highest BCUT2D eigenvalue weighted by atomic mass is 19.1. The van der Waals surface area contributed by atoms with Gasteiger partial charge in [0.05, 0.1) is 11.9 Å². The van der Waals surface area contributed by atoms with Crippen molar-refractivity contribution in [2.75, 3.05) is 6.54 Å². The fourth-order valence-corrected chi connectivity index (χ4v) is 5.40. The van der Waals surface area contributed by atoms with E-state index in [0.717, 1.165) is 50.5 Å². The Kier molecular flexibility index (Phi) is 5.85. The summed E-state index contributed by atoms with van der Waals surface area (Å²) in [5.41, 5.74) is 1.68. The van der Waals surface area contributed by atoms with Gasteiger partial charge in [-0.3, -0.25) is 9.89 Å². The second-order valence-electron chi connectivity index (χ2n) is 9.35. The third-order valence-electron chi connectivity index (χ3n) is 7.08. The molecule has 1 aliphatic heterocycles. The molecule has 3 aromatic rings. The van der Waals surface area contributed by atoms with Crippen molar-refractivity contribution in [3.63, 3.8) is 0 Å². The standard InChI is InChI=1S/C24H29FN6O/c1-15-5-4-10-31(15)21(32)13-17-7-2-6-16(11-17)12-20-19(25)14-27-24(28-20)22-18-8-3-9-26-23(18)30-29-22/h3,8-9,14-17H,2,4-7,10-13H2,1H3,(H,26,29,30)/t15-,16?,17+/m0/s1. The topological polar surface area (TPSA) is 87.7 Å². The molecule has 8 heteroatoms. The van der Waals surface area contributed by atoms with Crippen molar-refractivity contribution in [3.05, 3.63) is 36.0 Å². The summed E-state index contributed by atoms with van der Waals surface area (Å²) in [7, 11) is 0. The van der Waals surface area contributed by atoms with Crippen LogP contribution in [0.4, 0.5) is 4.39 Å². The molecule has 5 rings (SSSR count). The van der Waals surface area contributed by atoms with Crippen LogP contribution in [0.1, 0.15) is 57.6 Å². The average molecular weight is 437 g/mol. The second-order valence-corrected chi connectivity index (χ2v) is 9.35. The van der Waals surface area contributed by atoms with E-state index in [2.05, 4.69) is 32.1 Å². The summed E-state index contributed by atoms with van der Waals surface area (Å²) in [5.74, 6) is 1.05. The van der Waals surface area contributed by atoms with E-state index in [1.807, 2.05) is 17.0 Å². The van der Waals surface area contributed by atoms with Crippen LogP contribution in [0.25, 0.3) is 22.6 Å². The average Bonchev–Trinajstić information content (AvgIpc) is 3.42. The molecule has 168 valence electrons. The molecule has 2 aliphatic rings. The number of H-pyrrole nitrogens is 1. The van der Waals surface area contributed by atoms with Crippen LogP contribution in [0.2, 0.25) is 0 Å². The minimum absolute atomic E-state index is 0.288. The molecule has 3 atom stereocenters. The maximum atomic E-state index is 14.6. The molecule has 1 unspecified atom stereocenters. The number of hydrogen-bond acceptors (Lipinski definition) is 5. The highest BCUT2D eigenvalue weighted by Gasteiger charge is 2.30. The van der Waals surface area contributed by atoms with Crippen molar-refractivity contribution >= 4 is 16.9 Å². The Morgan fingerprint density at radius 1 is 1.22 bits per heavy atom. The van der Waals surface area contributed by atoms with Gasteiger partial charge in [0, 0.05) is 30.6 Å². The van der Waals surface area contributed by atoms with Crippen molar-refractivity contribution in [2.45, 2.75) is 64.3 Å². The number of pyridine rings is 1. The fourth-order valence-electron chi connectivity index (χ4n) is 5.40. The predicted molar refractivity (Wildman–Crippen MR) is 119 cm³/mol. The molecule has 7 nitrogen and oxygen atoms in total.